The lowest BCUT2D eigenvalue weighted by atomic mass is 10.0. The Morgan fingerprint density at radius 2 is 1.06 bits per heavy atom. The van der Waals surface area contributed by atoms with Gasteiger partial charge >= 0.3 is 5.97 Å². The summed E-state index contributed by atoms with van der Waals surface area (Å²) in [5.41, 5.74) is 22.2. The molecule has 1 aliphatic rings. The molecule has 11 atom stereocenters. The Morgan fingerprint density at radius 1 is 0.598 bits per heavy atom. The third-order valence-electron chi connectivity index (χ3n) is 13.0. The largest absolute Gasteiger partial charge is 0.481 e. The Kier molecular flexibility index (Phi) is 32.3. The SMILES string of the molecule is CSCC[C@@H]1NC(=O)[C@H](CCCN=C(N)N)NC(=O)[C@H](CCC(=O)O)NC(=O)[C@H]([C@@H](C)O)NC(=O)[C@H](CC(N)=O)NC(=O)CCNC(=O)[C@H](CC(C)C)NC(=O)[C@H](CC(N)=O)NC(=O)[C@H](Cc2cnc[nH]2)NC(=O)[C@H](CC(C)C)NC(=O)[C@H](C)NC1=O. The highest BCUT2D eigenvalue weighted by molar-refractivity contribution is 7.98. The van der Waals surface area contributed by atoms with Crippen LogP contribution in [0.15, 0.2) is 17.5 Å². The van der Waals surface area contributed by atoms with Gasteiger partial charge in [0, 0.05) is 44.2 Å². The molecule has 34 nitrogen and oxygen atoms in total. The van der Waals surface area contributed by atoms with E-state index in [1.807, 2.05) is 0 Å². The summed E-state index contributed by atoms with van der Waals surface area (Å²) in [6, 6.07) is -16.0. The van der Waals surface area contributed by atoms with Crippen molar-refractivity contribution in [2.75, 3.05) is 25.1 Å². The van der Waals surface area contributed by atoms with Crippen molar-refractivity contribution in [2.45, 2.75) is 179 Å². The van der Waals surface area contributed by atoms with Crippen LogP contribution < -0.4 is 81.4 Å². The molecule has 2 heterocycles. The maximum Gasteiger partial charge on any atom is 0.303 e. The summed E-state index contributed by atoms with van der Waals surface area (Å²) in [5.74, 6) is -15.5. The molecule has 0 spiro atoms. The van der Waals surface area contributed by atoms with E-state index < -0.39 is 188 Å². The van der Waals surface area contributed by atoms with Gasteiger partial charge in [0.2, 0.25) is 76.8 Å². The molecule has 0 aromatic carbocycles. The molecule has 0 aliphatic carbocycles. The lowest BCUT2D eigenvalue weighted by Gasteiger charge is -2.28. The Labute approximate surface area is 506 Å². The highest BCUT2D eigenvalue weighted by Gasteiger charge is 2.37. The molecule has 0 bridgehead atoms. The molecule has 1 aliphatic heterocycles. The Balaban J connectivity index is 2.81. The minimum Gasteiger partial charge on any atom is -0.481 e. The van der Waals surface area contributed by atoms with Crippen molar-refractivity contribution in [3.63, 3.8) is 0 Å². The monoisotopic (exact) mass is 1250 g/mol. The third-order valence-corrected chi connectivity index (χ3v) is 13.6. The number of guanidine groups is 1. The van der Waals surface area contributed by atoms with Crippen molar-refractivity contribution in [1.82, 2.24) is 68.5 Å². The number of carboxylic acid groups (broad SMARTS) is 1. The number of hydrogen-bond acceptors (Lipinski definition) is 18. The average molecular weight is 1250 g/mol. The third kappa shape index (κ3) is 28.4. The molecule has 1 aromatic heterocycles. The predicted octanol–water partition coefficient (Wildman–Crippen LogP) is -6.76. The summed E-state index contributed by atoms with van der Waals surface area (Å²) in [6.45, 7) is 8.70. The van der Waals surface area contributed by atoms with Gasteiger partial charge in [-0.25, -0.2) is 4.98 Å². The summed E-state index contributed by atoms with van der Waals surface area (Å²) in [6.07, 6.45) is -1.69. The smallest absolute Gasteiger partial charge is 0.303 e. The van der Waals surface area contributed by atoms with Crippen LogP contribution in [0.25, 0.3) is 0 Å². The molecule has 1 aromatic rings. The predicted molar refractivity (Wildman–Crippen MR) is 313 cm³/mol. The number of nitrogens with one attached hydrogen (secondary N) is 12. The van der Waals surface area contributed by atoms with Crippen LogP contribution in [0.4, 0.5) is 0 Å². The van der Waals surface area contributed by atoms with E-state index in [4.69, 9.17) is 22.9 Å². The number of H-pyrrole nitrogens is 1. The molecule has 0 radical (unpaired) electrons. The number of primary amides is 2. The van der Waals surface area contributed by atoms with Crippen LogP contribution in [-0.2, 0) is 73.5 Å². The second-order valence-corrected chi connectivity index (χ2v) is 22.6. The summed E-state index contributed by atoms with van der Waals surface area (Å²) < 4.78 is 0. The summed E-state index contributed by atoms with van der Waals surface area (Å²) in [7, 11) is 0. The van der Waals surface area contributed by atoms with Gasteiger partial charge in [-0.05, 0) is 76.2 Å². The van der Waals surface area contributed by atoms with E-state index >= 15 is 0 Å². The number of carboxylic acids is 1. The molecule has 13 amide bonds. The van der Waals surface area contributed by atoms with E-state index in [1.54, 1.807) is 34.0 Å². The minimum atomic E-state index is -1.98. The van der Waals surface area contributed by atoms with Gasteiger partial charge in [0.25, 0.3) is 0 Å². The zero-order valence-corrected chi connectivity index (χ0v) is 50.6. The number of thioether (sulfide) groups is 1. The van der Waals surface area contributed by atoms with E-state index in [0.29, 0.717) is 5.69 Å². The number of nitrogens with zero attached hydrogens (tertiary/aromatic N) is 2. The van der Waals surface area contributed by atoms with E-state index in [2.05, 4.69) is 73.4 Å². The van der Waals surface area contributed by atoms with E-state index in [1.165, 1.54) is 31.2 Å². The molecule has 22 N–H and O–H groups in total. The summed E-state index contributed by atoms with van der Waals surface area (Å²) in [4.78, 5) is 201. The van der Waals surface area contributed by atoms with Crippen molar-refractivity contribution in [1.29, 1.82) is 0 Å². The normalized spacial score (nSPS) is 24.8. The fraction of sp³-hybridized carbons (Fsp3) is 0.654. The van der Waals surface area contributed by atoms with Crippen LogP contribution in [0.2, 0.25) is 0 Å². The minimum absolute atomic E-state index is 0.0144. The van der Waals surface area contributed by atoms with Crippen molar-refractivity contribution >= 4 is 100 Å². The van der Waals surface area contributed by atoms with Crippen molar-refractivity contribution in [2.24, 2.45) is 39.8 Å². The van der Waals surface area contributed by atoms with Crippen LogP contribution in [0.3, 0.4) is 0 Å². The van der Waals surface area contributed by atoms with Crippen LogP contribution in [0.1, 0.15) is 111 Å². The highest BCUT2D eigenvalue weighted by atomic mass is 32.2. The Morgan fingerprint density at radius 3 is 1.59 bits per heavy atom. The summed E-state index contributed by atoms with van der Waals surface area (Å²) in [5, 5.41) is 47.2. The van der Waals surface area contributed by atoms with Gasteiger partial charge in [-0.2, -0.15) is 11.8 Å². The first-order chi connectivity index (χ1) is 40.8. The molecular weight excluding hydrogens is 1160 g/mol. The van der Waals surface area contributed by atoms with Gasteiger partial charge < -0.3 is 96.6 Å². The van der Waals surface area contributed by atoms with E-state index in [9.17, 15) is 77.3 Å². The van der Waals surface area contributed by atoms with Gasteiger partial charge in [-0.3, -0.25) is 72.1 Å². The standard InChI is InChI=1S/C52H86N18O16S/c1-24(2)17-32-43(78)58-15-12-39(74)62-35(20-37(53)72)50(85)70-41(27(6)71)51(86)65-30(10-11-40(75)76)46(81)63-29(9-8-14-59-52(55)56)45(80)64-31(13-16-87-7)44(79)61-26(5)42(77)66-33(18-25(3)4)47(82)68-34(19-28-22-57-23-60-28)48(83)69-36(21-38(54)73)49(84)67-32/h22-27,29-36,41,71H,8-21H2,1-7H3,(H2,53,72)(H2,54,73)(H,57,60)(H,58,78)(H,61,79)(H,62,74)(H,63,81)(H,64,80)(H,65,86)(H,66,77)(H,67,84)(H,68,82)(H,69,83)(H,70,85)(H,75,76)(H4,55,56,59)/t26-,27+,29-,30-,31-,32-,33-,34-,35-,36-,41-/m0/s1. The number of aliphatic hydroxyl groups excluding tert-OH is 1. The lowest BCUT2D eigenvalue weighted by Crippen LogP contribution is -2.61. The molecule has 1 saturated heterocycles. The van der Waals surface area contributed by atoms with Crippen LogP contribution >= 0.6 is 11.8 Å². The number of rotatable bonds is 21. The first kappa shape index (κ1) is 74.5. The zero-order chi connectivity index (χ0) is 65.7. The maximum absolute atomic E-state index is 14.3. The number of aromatic nitrogens is 2. The topological polar surface area (TPSA) is 557 Å². The maximum atomic E-state index is 14.3. The van der Waals surface area contributed by atoms with Gasteiger partial charge in [-0.1, -0.05) is 27.7 Å². The van der Waals surface area contributed by atoms with Crippen LogP contribution in [0.5, 0.6) is 0 Å². The van der Waals surface area contributed by atoms with Crippen molar-refractivity contribution in [3.8, 4) is 0 Å². The molecule has 2 rings (SSSR count). The first-order valence-electron chi connectivity index (χ1n) is 28.1. The Bertz CT molecular complexity index is 2600. The van der Waals surface area contributed by atoms with E-state index in [-0.39, 0.29) is 68.6 Å². The van der Waals surface area contributed by atoms with Crippen molar-refractivity contribution in [3.05, 3.63) is 18.2 Å². The Hall–Kier alpha value is -8.63. The van der Waals surface area contributed by atoms with Crippen LogP contribution in [0, 0.1) is 11.8 Å². The number of carbonyl (C=O) groups excluding carboxylic acids is 13. The number of aliphatic hydroxyl groups is 1. The van der Waals surface area contributed by atoms with Gasteiger partial charge in [0.05, 0.1) is 25.3 Å². The fourth-order valence-electron chi connectivity index (χ4n) is 8.51. The molecule has 486 valence electrons. The lowest BCUT2D eigenvalue weighted by molar-refractivity contribution is -0.139. The van der Waals surface area contributed by atoms with Crippen molar-refractivity contribution < 1.29 is 77.3 Å². The number of hydrogen-bond donors (Lipinski definition) is 18. The quantitative estimate of drug-likeness (QED) is 0.0309. The molecular formula is C52H86N18O16S. The molecule has 87 heavy (non-hydrogen) atoms. The zero-order valence-electron chi connectivity index (χ0n) is 49.8. The van der Waals surface area contributed by atoms with Gasteiger partial charge in [0.1, 0.15) is 60.4 Å². The summed E-state index contributed by atoms with van der Waals surface area (Å²) >= 11 is 1.29. The number of nitrogens with two attached hydrogens (primary N) is 4. The van der Waals surface area contributed by atoms with Gasteiger partial charge in [-0.15, -0.1) is 0 Å². The number of aromatic amines is 1. The number of aliphatic imine (C=N–C) groups is 1. The molecule has 1 fully saturated rings. The number of aliphatic carboxylic acids is 1. The number of imidazole rings is 1. The fourth-order valence-corrected chi connectivity index (χ4v) is 8.98. The average Bonchev–Trinajstić information content (AvgIpc) is 4.13. The highest BCUT2D eigenvalue weighted by Crippen LogP contribution is 2.12. The van der Waals surface area contributed by atoms with Crippen LogP contribution in [-0.4, -0.2) is 201 Å². The first-order valence-corrected chi connectivity index (χ1v) is 29.5. The molecule has 0 saturated carbocycles. The van der Waals surface area contributed by atoms with Gasteiger partial charge in [0.15, 0.2) is 5.96 Å². The molecule has 0 unspecified atom stereocenters. The number of amides is 13. The second-order valence-electron chi connectivity index (χ2n) is 21.6. The second kappa shape index (κ2) is 37.7. The van der Waals surface area contributed by atoms with E-state index in [0.717, 1.165) is 6.92 Å². The number of carbonyl (C=O) groups is 14. The molecule has 35 heteroatoms.